The van der Waals surface area contributed by atoms with Crippen LogP contribution in [0.25, 0.3) is 0 Å². The van der Waals surface area contributed by atoms with Gasteiger partial charge in [-0.15, -0.1) is 0 Å². The normalized spacial score (nSPS) is 38.0. The summed E-state index contributed by atoms with van der Waals surface area (Å²) in [6.45, 7) is 11.0. The average Bonchev–Trinajstić information content (AvgIpc) is 2.38. The molecule has 1 N–H and O–H groups in total. The lowest BCUT2D eigenvalue weighted by molar-refractivity contribution is 0.0254. The van der Waals surface area contributed by atoms with Crippen LogP contribution in [0.2, 0.25) is 0 Å². The van der Waals surface area contributed by atoms with Crippen LogP contribution in [0.1, 0.15) is 59.3 Å². The molecule has 0 aromatic rings. The lowest BCUT2D eigenvalue weighted by atomic mass is 9.77. The zero-order valence-corrected chi connectivity index (χ0v) is 12.6. The van der Waals surface area contributed by atoms with Gasteiger partial charge in [0.1, 0.15) is 0 Å². The Labute approximate surface area is 114 Å². The van der Waals surface area contributed by atoms with Crippen LogP contribution in [0.4, 0.5) is 0 Å². The molecule has 18 heavy (non-hydrogen) atoms. The van der Waals surface area contributed by atoms with Gasteiger partial charge < -0.3 is 5.32 Å². The molecule has 1 saturated carbocycles. The maximum absolute atomic E-state index is 3.60. The van der Waals surface area contributed by atoms with Gasteiger partial charge in [0.2, 0.25) is 0 Å². The molecule has 2 fully saturated rings. The molecule has 2 nitrogen and oxygen atoms in total. The SMILES string of the molecule is CCCN(C1CCCNC1)C1C(C)CCCC1C. The van der Waals surface area contributed by atoms with Gasteiger partial charge in [-0.1, -0.05) is 27.2 Å². The monoisotopic (exact) mass is 252 g/mol. The predicted octanol–water partition coefficient (Wildman–Crippen LogP) is 3.28. The van der Waals surface area contributed by atoms with E-state index in [1.807, 2.05) is 0 Å². The fourth-order valence-electron chi connectivity index (χ4n) is 4.27. The molecule has 2 aliphatic rings. The van der Waals surface area contributed by atoms with Gasteiger partial charge in [0, 0.05) is 18.6 Å². The first-order valence-corrected chi connectivity index (χ1v) is 8.20. The van der Waals surface area contributed by atoms with Crippen LogP contribution < -0.4 is 5.32 Å². The summed E-state index contributed by atoms with van der Waals surface area (Å²) in [7, 11) is 0. The minimum absolute atomic E-state index is 0.798. The van der Waals surface area contributed by atoms with Crippen molar-refractivity contribution < 1.29 is 0 Å². The average molecular weight is 252 g/mol. The summed E-state index contributed by atoms with van der Waals surface area (Å²) >= 11 is 0. The molecule has 0 bridgehead atoms. The van der Waals surface area contributed by atoms with E-state index in [9.17, 15) is 0 Å². The van der Waals surface area contributed by atoms with E-state index in [2.05, 4.69) is 31.0 Å². The Morgan fingerprint density at radius 2 is 1.78 bits per heavy atom. The van der Waals surface area contributed by atoms with Crippen molar-refractivity contribution in [2.24, 2.45) is 11.8 Å². The van der Waals surface area contributed by atoms with Crippen LogP contribution >= 0.6 is 0 Å². The highest BCUT2D eigenvalue weighted by atomic mass is 15.2. The molecule has 0 aromatic carbocycles. The summed E-state index contributed by atoms with van der Waals surface area (Å²) in [5.74, 6) is 1.78. The summed E-state index contributed by atoms with van der Waals surface area (Å²) in [6, 6.07) is 1.63. The molecule has 3 unspecified atom stereocenters. The molecule has 2 rings (SSSR count). The second-order valence-electron chi connectivity index (χ2n) is 6.61. The van der Waals surface area contributed by atoms with Crippen molar-refractivity contribution in [3.8, 4) is 0 Å². The molecule has 3 atom stereocenters. The summed E-state index contributed by atoms with van der Waals surface area (Å²) in [4.78, 5) is 2.88. The molecule has 106 valence electrons. The lowest BCUT2D eigenvalue weighted by Crippen LogP contribution is -2.55. The summed E-state index contributed by atoms with van der Waals surface area (Å²) in [5.41, 5.74) is 0. The Morgan fingerprint density at radius 1 is 1.06 bits per heavy atom. The smallest absolute Gasteiger partial charge is 0.0224 e. The van der Waals surface area contributed by atoms with E-state index in [1.54, 1.807) is 0 Å². The zero-order valence-electron chi connectivity index (χ0n) is 12.6. The maximum atomic E-state index is 3.60. The molecule has 1 aliphatic heterocycles. The Morgan fingerprint density at radius 3 is 2.33 bits per heavy atom. The van der Waals surface area contributed by atoms with Crippen molar-refractivity contribution in [3.05, 3.63) is 0 Å². The molecule has 0 aromatic heterocycles. The van der Waals surface area contributed by atoms with E-state index in [-0.39, 0.29) is 0 Å². The number of nitrogens with zero attached hydrogens (tertiary/aromatic N) is 1. The molecule has 0 spiro atoms. The maximum Gasteiger partial charge on any atom is 0.0224 e. The van der Waals surface area contributed by atoms with Crippen molar-refractivity contribution in [2.45, 2.75) is 71.4 Å². The van der Waals surface area contributed by atoms with Crippen LogP contribution in [-0.4, -0.2) is 36.6 Å². The van der Waals surface area contributed by atoms with Gasteiger partial charge in [0.15, 0.2) is 0 Å². The third-order valence-electron chi connectivity index (χ3n) is 5.09. The fraction of sp³-hybridized carbons (Fsp3) is 1.00. The highest BCUT2D eigenvalue weighted by Crippen LogP contribution is 2.34. The van der Waals surface area contributed by atoms with E-state index in [1.165, 1.54) is 58.2 Å². The fourth-order valence-corrected chi connectivity index (χ4v) is 4.27. The molecule has 0 amide bonds. The van der Waals surface area contributed by atoms with Gasteiger partial charge in [-0.05, 0) is 57.0 Å². The zero-order chi connectivity index (χ0) is 13.0. The number of hydrogen-bond acceptors (Lipinski definition) is 2. The molecule has 0 radical (unpaired) electrons. The van der Waals surface area contributed by atoms with Gasteiger partial charge in [-0.2, -0.15) is 0 Å². The standard InChI is InChI=1S/C16H32N2/c1-4-11-18(15-9-6-10-17-12-15)16-13(2)7-5-8-14(16)3/h13-17H,4-12H2,1-3H3. The number of piperidine rings is 1. The minimum Gasteiger partial charge on any atom is -0.315 e. The largest absolute Gasteiger partial charge is 0.315 e. The van der Waals surface area contributed by atoms with Gasteiger partial charge in [0.25, 0.3) is 0 Å². The highest BCUT2D eigenvalue weighted by Gasteiger charge is 2.35. The summed E-state index contributed by atoms with van der Waals surface area (Å²) in [6.07, 6.45) is 8.39. The van der Waals surface area contributed by atoms with E-state index < -0.39 is 0 Å². The first kappa shape index (κ1) is 14.3. The van der Waals surface area contributed by atoms with Gasteiger partial charge in [0.05, 0.1) is 0 Å². The van der Waals surface area contributed by atoms with E-state index >= 15 is 0 Å². The van der Waals surface area contributed by atoms with E-state index in [0.717, 1.165) is 23.9 Å². The minimum atomic E-state index is 0.798. The predicted molar refractivity (Wildman–Crippen MR) is 78.9 cm³/mol. The highest BCUT2D eigenvalue weighted by molar-refractivity contribution is 4.90. The Bertz CT molecular complexity index is 225. The van der Waals surface area contributed by atoms with Crippen LogP contribution in [0.5, 0.6) is 0 Å². The first-order chi connectivity index (χ1) is 8.74. The number of nitrogens with one attached hydrogen (secondary N) is 1. The molecule has 1 aliphatic carbocycles. The van der Waals surface area contributed by atoms with Crippen LogP contribution in [0.3, 0.4) is 0 Å². The molecule has 1 saturated heterocycles. The number of rotatable bonds is 4. The van der Waals surface area contributed by atoms with Crippen LogP contribution in [0.15, 0.2) is 0 Å². The van der Waals surface area contributed by atoms with Crippen molar-refractivity contribution in [1.82, 2.24) is 10.2 Å². The van der Waals surface area contributed by atoms with E-state index in [0.29, 0.717) is 0 Å². The second kappa shape index (κ2) is 6.91. The molecular formula is C16H32N2. The van der Waals surface area contributed by atoms with Crippen LogP contribution in [-0.2, 0) is 0 Å². The quantitative estimate of drug-likeness (QED) is 0.826. The Hall–Kier alpha value is -0.0800. The molecular weight excluding hydrogens is 220 g/mol. The summed E-state index contributed by atoms with van der Waals surface area (Å²) < 4.78 is 0. The van der Waals surface area contributed by atoms with Gasteiger partial charge >= 0.3 is 0 Å². The third-order valence-corrected chi connectivity index (χ3v) is 5.09. The molecule has 2 heteroatoms. The lowest BCUT2D eigenvalue weighted by Gasteiger charge is -2.47. The Kier molecular flexibility index (Phi) is 5.50. The first-order valence-electron chi connectivity index (χ1n) is 8.20. The van der Waals surface area contributed by atoms with Gasteiger partial charge in [-0.3, -0.25) is 4.90 Å². The van der Waals surface area contributed by atoms with Crippen molar-refractivity contribution in [3.63, 3.8) is 0 Å². The van der Waals surface area contributed by atoms with Crippen molar-refractivity contribution in [2.75, 3.05) is 19.6 Å². The topological polar surface area (TPSA) is 15.3 Å². The van der Waals surface area contributed by atoms with Crippen molar-refractivity contribution in [1.29, 1.82) is 0 Å². The van der Waals surface area contributed by atoms with E-state index in [4.69, 9.17) is 0 Å². The van der Waals surface area contributed by atoms with Gasteiger partial charge in [-0.25, -0.2) is 0 Å². The van der Waals surface area contributed by atoms with Crippen LogP contribution in [0, 0.1) is 11.8 Å². The third kappa shape index (κ3) is 3.27. The Balaban J connectivity index is 2.06. The second-order valence-corrected chi connectivity index (χ2v) is 6.61. The number of hydrogen-bond donors (Lipinski definition) is 1. The van der Waals surface area contributed by atoms with Crippen molar-refractivity contribution >= 4 is 0 Å². The summed E-state index contributed by atoms with van der Waals surface area (Å²) in [5, 5.41) is 3.60. The molecule has 1 heterocycles.